The second-order valence-corrected chi connectivity index (χ2v) is 7.15. The number of amides is 5. The Bertz CT molecular complexity index is 985. The second-order valence-electron chi connectivity index (χ2n) is 7.15. The minimum atomic E-state index is -1.18. The van der Waals surface area contributed by atoms with E-state index in [2.05, 4.69) is 16.0 Å². The number of nitrogens with one attached hydrogen (secondary N) is 3. The first-order chi connectivity index (χ1) is 14.3. The van der Waals surface area contributed by atoms with Crippen molar-refractivity contribution in [2.75, 3.05) is 18.9 Å². The van der Waals surface area contributed by atoms with E-state index in [4.69, 9.17) is 0 Å². The fourth-order valence-electron chi connectivity index (χ4n) is 3.44. The summed E-state index contributed by atoms with van der Waals surface area (Å²) in [6, 6.07) is 13.1. The molecule has 2 aromatic rings. The summed E-state index contributed by atoms with van der Waals surface area (Å²) in [5, 5.41) is 7.92. The standard InChI is InChI=1S/C22H24N4O4/c1-4-22(16-9-5-14(2)6-10-16)20(29)26(21(30)25-22)13-18(27)24-17-11-7-15(8-12-17)19(28)23-3/h5-12H,4,13H2,1-3H3,(H,23,28)(H,24,27)(H,25,30)/t22-/m1/s1. The van der Waals surface area contributed by atoms with E-state index in [9.17, 15) is 19.2 Å². The largest absolute Gasteiger partial charge is 0.355 e. The van der Waals surface area contributed by atoms with Crippen LogP contribution in [0.4, 0.5) is 10.5 Å². The van der Waals surface area contributed by atoms with Crippen molar-refractivity contribution in [3.05, 3.63) is 65.2 Å². The zero-order chi connectivity index (χ0) is 21.9. The predicted molar refractivity (Wildman–Crippen MR) is 112 cm³/mol. The topological polar surface area (TPSA) is 108 Å². The number of benzene rings is 2. The summed E-state index contributed by atoms with van der Waals surface area (Å²) in [5.41, 5.74) is 1.46. The Balaban J connectivity index is 1.72. The molecule has 8 nitrogen and oxygen atoms in total. The monoisotopic (exact) mass is 408 g/mol. The lowest BCUT2D eigenvalue weighted by Crippen LogP contribution is -2.44. The van der Waals surface area contributed by atoms with E-state index in [0.717, 1.165) is 10.5 Å². The SMILES string of the molecule is CC[C@]1(c2ccc(C)cc2)NC(=O)N(CC(=O)Nc2ccc(C(=O)NC)cc2)C1=O. The molecule has 0 radical (unpaired) electrons. The first-order valence-corrected chi connectivity index (χ1v) is 9.64. The molecule has 2 aromatic carbocycles. The van der Waals surface area contributed by atoms with Gasteiger partial charge in [-0.3, -0.25) is 19.3 Å². The Labute approximate surface area is 174 Å². The van der Waals surface area contributed by atoms with Crippen LogP contribution >= 0.6 is 0 Å². The van der Waals surface area contributed by atoms with Crippen LogP contribution in [-0.2, 0) is 15.1 Å². The molecule has 0 spiro atoms. The fraction of sp³-hybridized carbons (Fsp3) is 0.273. The van der Waals surface area contributed by atoms with Gasteiger partial charge in [-0.25, -0.2) is 4.79 Å². The van der Waals surface area contributed by atoms with E-state index in [1.165, 1.54) is 7.05 Å². The summed E-state index contributed by atoms with van der Waals surface area (Å²) in [7, 11) is 1.53. The van der Waals surface area contributed by atoms with Gasteiger partial charge in [-0.2, -0.15) is 0 Å². The molecule has 0 saturated carbocycles. The van der Waals surface area contributed by atoms with Gasteiger partial charge >= 0.3 is 6.03 Å². The van der Waals surface area contributed by atoms with Gasteiger partial charge in [0.25, 0.3) is 11.8 Å². The number of urea groups is 1. The number of carbonyl (C=O) groups excluding carboxylic acids is 4. The van der Waals surface area contributed by atoms with Gasteiger partial charge in [0.05, 0.1) is 0 Å². The van der Waals surface area contributed by atoms with Gasteiger partial charge in [-0.05, 0) is 43.2 Å². The predicted octanol–water partition coefficient (Wildman–Crippen LogP) is 2.15. The van der Waals surface area contributed by atoms with Gasteiger partial charge in [0.15, 0.2) is 0 Å². The maximum Gasteiger partial charge on any atom is 0.325 e. The number of rotatable bonds is 6. The molecule has 5 amide bonds. The van der Waals surface area contributed by atoms with Gasteiger partial charge in [0.1, 0.15) is 12.1 Å². The highest BCUT2D eigenvalue weighted by Gasteiger charge is 2.51. The number of aryl methyl sites for hydroxylation is 1. The summed E-state index contributed by atoms with van der Waals surface area (Å²) in [6.07, 6.45) is 0.361. The van der Waals surface area contributed by atoms with E-state index >= 15 is 0 Å². The molecule has 1 saturated heterocycles. The lowest BCUT2D eigenvalue weighted by atomic mass is 9.87. The average molecular weight is 408 g/mol. The van der Waals surface area contributed by atoms with Crippen LogP contribution in [0.3, 0.4) is 0 Å². The van der Waals surface area contributed by atoms with Crippen molar-refractivity contribution in [1.82, 2.24) is 15.5 Å². The minimum Gasteiger partial charge on any atom is -0.355 e. The summed E-state index contributed by atoms with van der Waals surface area (Å²) in [4.78, 5) is 50.6. The molecule has 1 atom stereocenters. The van der Waals surface area contributed by atoms with Crippen molar-refractivity contribution in [2.24, 2.45) is 0 Å². The molecule has 30 heavy (non-hydrogen) atoms. The van der Waals surface area contributed by atoms with Crippen molar-refractivity contribution in [2.45, 2.75) is 25.8 Å². The van der Waals surface area contributed by atoms with Gasteiger partial charge in [0.2, 0.25) is 5.91 Å². The number of anilines is 1. The third-order valence-electron chi connectivity index (χ3n) is 5.21. The van der Waals surface area contributed by atoms with Gasteiger partial charge in [0, 0.05) is 18.3 Å². The van der Waals surface area contributed by atoms with Crippen molar-refractivity contribution >= 4 is 29.4 Å². The summed E-state index contributed by atoms with van der Waals surface area (Å²) < 4.78 is 0. The third kappa shape index (κ3) is 3.89. The third-order valence-corrected chi connectivity index (χ3v) is 5.21. The van der Waals surface area contributed by atoms with Gasteiger partial charge in [-0.15, -0.1) is 0 Å². The van der Waals surface area contributed by atoms with Crippen LogP contribution in [0, 0.1) is 6.92 Å². The Morgan fingerprint density at radius 2 is 1.67 bits per heavy atom. The van der Waals surface area contributed by atoms with Crippen LogP contribution < -0.4 is 16.0 Å². The smallest absolute Gasteiger partial charge is 0.325 e. The van der Waals surface area contributed by atoms with Crippen molar-refractivity contribution in [3.8, 4) is 0 Å². The molecule has 0 bridgehead atoms. The van der Waals surface area contributed by atoms with Crippen LogP contribution in [0.15, 0.2) is 48.5 Å². The van der Waals surface area contributed by atoms with Crippen LogP contribution in [0.2, 0.25) is 0 Å². The Kier molecular flexibility index (Phi) is 5.86. The number of hydrogen-bond donors (Lipinski definition) is 3. The first kappa shape index (κ1) is 21.0. The molecule has 1 aliphatic rings. The zero-order valence-corrected chi connectivity index (χ0v) is 17.1. The van der Waals surface area contributed by atoms with E-state index in [1.807, 2.05) is 38.1 Å². The highest BCUT2D eigenvalue weighted by Crippen LogP contribution is 2.32. The number of nitrogens with zero attached hydrogens (tertiary/aromatic N) is 1. The highest BCUT2D eigenvalue weighted by molar-refractivity contribution is 6.10. The highest BCUT2D eigenvalue weighted by atomic mass is 16.2. The quantitative estimate of drug-likeness (QED) is 0.637. The maximum atomic E-state index is 13.1. The lowest BCUT2D eigenvalue weighted by molar-refractivity contribution is -0.134. The van der Waals surface area contributed by atoms with Gasteiger partial charge in [-0.1, -0.05) is 36.8 Å². The van der Waals surface area contributed by atoms with Crippen molar-refractivity contribution in [3.63, 3.8) is 0 Å². The molecule has 8 heteroatoms. The molecule has 0 unspecified atom stereocenters. The molecule has 3 rings (SSSR count). The Morgan fingerprint density at radius 3 is 2.23 bits per heavy atom. The van der Waals surface area contributed by atoms with Crippen LogP contribution in [0.5, 0.6) is 0 Å². The number of hydrogen-bond acceptors (Lipinski definition) is 4. The maximum absolute atomic E-state index is 13.1. The lowest BCUT2D eigenvalue weighted by Gasteiger charge is -2.25. The molecule has 1 heterocycles. The Hall–Kier alpha value is -3.68. The van der Waals surface area contributed by atoms with E-state index in [1.54, 1.807) is 24.3 Å². The molecule has 156 valence electrons. The van der Waals surface area contributed by atoms with Crippen molar-refractivity contribution < 1.29 is 19.2 Å². The molecule has 0 aliphatic carbocycles. The van der Waals surface area contributed by atoms with E-state index < -0.39 is 29.9 Å². The molecule has 1 fully saturated rings. The van der Waals surface area contributed by atoms with Crippen LogP contribution in [0.1, 0.15) is 34.8 Å². The number of imide groups is 1. The molecular formula is C22H24N4O4. The van der Waals surface area contributed by atoms with Crippen LogP contribution in [-0.4, -0.2) is 42.2 Å². The molecule has 3 N–H and O–H groups in total. The zero-order valence-electron chi connectivity index (χ0n) is 17.1. The average Bonchev–Trinajstić information content (AvgIpc) is 2.99. The fourth-order valence-corrected chi connectivity index (χ4v) is 3.44. The Morgan fingerprint density at radius 1 is 1.03 bits per heavy atom. The van der Waals surface area contributed by atoms with E-state index in [-0.39, 0.29) is 5.91 Å². The van der Waals surface area contributed by atoms with Gasteiger partial charge < -0.3 is 16.0 Å². The number of carbonyl (C=O) groups is 4. The summed E-state index contributed by atoms with van der Waals surface area (Å²) in [6.45, 7) is 3.35. The summed E-state index contributed by atoms with van der Waals surface area (Å²) in [5.74, 6) is -1.20. The normalized spacial score (nSPS) is 18.2. The van der Waals surface area contributed by atoms with E-state index in [0.29, 0.717) is 23.2 Å². The van der Waals surface area contributed by atoms with Crippen molar-refractivity contribution in [1.29, 1.82) is 0 Å². The molecular weight excluding hydrogens is 384 g/mol. The second kappa shape index (κ2) is 8.36. The first-order valence-electron chi connectivity index (χ1n) is 9.64. The molecule has 1 aliphatic heterocycles. The molecule has 0 aromatic heterocycles. The van der Waals surface area contributed by atoms with Crippen LogP contribution in [0.25, 0.3) is 0 Å². The summed E-state index contributed by atoms with van der Waals surface area (Å²) >= 11 is 0. The minimum absolute atomic E-state index is 0.237.